The zero-order chi connectivity index (χ0) is 12.8. The molecule has 0 atom stereocenters. The Labute approximate surface area is 101 Å². The van der Waals surface area contributed by atoms with Crippen molar-refractivity contribution in [2.75, 3.05) is 31.6 Å². The number of carboxylic acid groups (broad SMARTS) is 1. The van der Waals surface area contributed by atoms with Crippen molar-refractivity contribution in [3.05, 3.63) is 23.8 Å². The molecule has 0 unspecified atom stereocenters. The largest absolute Gasteiger partial charge is 0.495 e. The molecule has 94 valence electrons. The van der Waals surface area contributed by atoms with E-state index in [-0.39, 0.29) is 6.54 Å². The molecule has 1 rings (SSSR count). The van der Waals surface area contributed by atoms with Gasteiger partial charge < -0.3 is 20.5 Å². The molecule has 0 aliphatic heterocycles. The number of nitrogens with two attached hydrogens (primary N) is 1. The second-order valence-electron chi connectivity index (χ2n) is 3.78. The molecule has 0 spiro atoms. The molecular weight excluding hydrogens is 220 g/mol. The van der Waals surface area contributed by atoms with E-state index in [1.165, 1.54) is 0 Å². The maximum atomic E-state index is 10.8. The fourth-order valence-electron chi connectivity index (χ4n) is 1.65. The van der Waals surface area contributed by atoms with Crippen LogP contribution in [0.3, 0.4) is 0 Å². The molecule has 0 saturated heterocycles. The topological polar surface area (TPSA) is 75.8 Å². The SMILES string of the molecule is COc1ccc(C)cc1N(CCN)CC(=O)O. The number of carbonyl (C=O) groups is 1. The van der Waals surface area contributed by atoms with Crippen molar-refractivity contribution in [2.24, 2.45) is 5.73 Å². The molecule has 0 bridgehead atoms. The van der Waals surface area contributed by atoms with Gasteiger partial charge in [0, 0.05) is 13.1 Å². The van der Waals surface area contributed by atoms with Gasteiger partial charge in [-0.2, -0.15) is 0 Å². The Balaban J connectivity index is 3.06. The van der Waals surface area contributed by atoms with Gasteiger partial charge in [0.15, 0.2) is 0 Å². The standard InChI is InChI=1S/C12H18N2O3/c1-9-3-4-11(17-2)10(7-9)14(6-5-13)8-12(15)16/h3-4,7H,5-6,8,13H2,1-2H3,(H,15,16). The molecule has 5 heteroatoms. The van der Waals surface area contributed by atoms with E-state index >= 15 is 0 Å². The van der Waals surface area contributed by atoms with Crippen LogP contribution in [0, 0.1) is 6.92 Å². The quantitative estimate of drug-likeness (QED) is 0.768. The van der Waals surface area contributed by atoms with Gasteiger partial charge >= 0.3 is 5.97 Å². The second-order valence-corrected chi connectivity index (χ2v) is 3.78. The van der Waals surface area contributed by atoms with Crippen molar-refractivity contribution in [1.82, 2.24) is 0 Å². The first kappa shape index (κ1) is 13.3. The van der Waals surface area contributed by atoms with Gasteiger partial charge in [-0.1, -0.05) is 6.07 Å². The van der Waals surface area contributed by atoms with E-state index in [4.69, 9.17) is 15.6 Å². The van der Waals surface area contributed by atoms with Crippen molar-refractivity contribution in [3.8, 4) is 5.75 Å². The summed E-state index contributed by atoms with van der Waals surface area (Å²) in [4.78, 5) is 12.5. The molecular formula is C12H18N2O3. The number of ether oxygens (including phenoxy) is 1. The Morgan fingerprint density at radius 3 is 2.76 bits per heavy atom. The van der Waals surface area contributed by atoms with Gasteiger partial charge in [-0.25, -0.2) is 0 Å². The number of methoxy groups -OCH3 is 1. The molecule has 1 aromatic rings. The van der Waals surface area contributed by atoms with Crippen molar-refractivity contribution in [2.45, 2.75) is 6.92 Å². The maximum Gasteiger partial charge on any atom is 0.323 e. The third-order valence-electron chi connectivity index (χ3n) is 2.40. The zero-order valence-electron chi connectivity index (χ0n) is 10.1. The van der Waals surface area contributed by atoms with E-state index in [0.29, 0.717) is 18.8 Å². The molecule has 0 aromatic heterocycles. The summed E-state index contributed by atoms with van der Waals surface area (Å²) in [6, 6.07) is 5.65. The predicted molar refractivity (Wildman–Crippen MR) is 66.6 cm³/mol. The highest BCUT2D eigenvalue weighted by Gasteiger charge is 2.14. The molecule has 1 aromatic carbocycles. The van der Waals surface area contributed by atoms with Crippen LogP contribution >= 0.6 is 0 Å². The Kier molecular flexibility index (Phi) is 4.78. The summed E-state index contributed by atoms with van der Waals surface area (Å²) in [5.41, 5.74) is 7.31. The van der Waals surface area contributed by atoms with Gasteiger partial charge in [-0.3, -0.25) is 4.79 Å². The first-order valence-electron chi connectivity index (χ1n) is 5.40. The van der Waals surface area contributed by atoms with Gasteiger partial charge in [0.05, 0.1) is 12.8 Å². The number of nitrogens with zero attached hydrogens (tertiary/aromatic N) is 1. The van der Waals surface area contributed by atoms with E-state index in [0.717, 1.165) is 11.3 Å². The van der Waals surface area contributed by atoms with E-state index in [1.807, 2.05) is 25.1 Å². The average Bonchev–Trinajstić information content (AvgIpc) is 2.28. The number of benzene rings is 1. The highest BCUT2D eigenvalue weighted by Crippen LogP contribution is 2.28. The van der Waals surface area contributed by atoms with Gasteiger partial charge in [0.25, 0.3) is 0 Å². The van der Waals surface area contributed by atoms with Crippen LogP contribution < -0.4 is 15.4 Å². The first-order chi connectivity index (χ1) is 8.08. The van der Waals surface area contributed by atoms with E-state index in [2.05, 4.69) is 0 Å². The summed E-state index contributed by atoms with van der Waals surface area (Å²) in [6.07, 6.45) is 0. The summed E-state index contributed by atoms with van der Waals surface area (Å²) in [5, 5.41) is 8.88. The van der Waals surface area contributed by atoms with Crippen LogP contribution in [0.5, 0.6) is 5.75 Å². The molecule has 3 N–H and O–H groups in total. The van der Waals surface area contributed by atoms with Crippen molar-refractivity contribution >= 4 is 11.7 Å². The minimum Gasteiger partial charge on any atom is -0.495 e. The minimum absolute atomic E-state index is 0.0863. The number of aliphatic carboxylic acids is 1. The lowest BCUT2D eigenvalue weighted by atomic mass is 10.2. The lowest BCUT2D eigenvalue weighted by Crippen LogP contribution is -2.34. The van der Waals surface area contributed by atoms with Gasteiger partial charge in [0.2, 0.25) is 0 Å². The van der Waals surface area contributed by atoms with Crippen LogP contribution in [0.15, 0.2) is 18.2 Å². The summed E-state index contributed by atoms with van der Waals surface area (Å²) in [5.74, 6) is -0.229. The fraction of sp³-hybridized carbons (Fsp3) is 0.417. The molecule has 0 aliphatic carbocycles. The van der Waals surface area contributed by atoms with Crippen LogP contribution in [-0.2, 0) is 4.79 Å². The smallest absolute Gasteiger partial charge is 0.323 e. The third kappa shape index (κ3) is 3.64. The summed E-state index contributed by atoms with van der Waals surface area (Å²) in [7, 11) is 1.57. The summed E-state index contributed by atoms with van der Waals surface area (Å²) < 4.78 is 5.23. The molecule has 0 aliphatic rings. The van der Waals surface area contributed by atoms with E-state index in [9.17, 15) is 4.79 Å². The van der Waals surface area contributed by atoms with Gasteiger partial charge in [-0.15, -0.1) is 0 Å². The molecule has 0 fully saturated rings. The predicted octanol–water partition coefficient (Wildman–Crippen LogP) is 0.853. The normalized spacial score (nSPS) is 10.1. The number of hydrogen-bond donors (Lipinski definition) is 2. The van der Waals surface area contributed by atoms with Crippen molar-refractivity contribution < 1.29 is 14.6 Å². The Hall–Kier alpha value is -1.75. The molecule has 0 radical (unpaired) electrons. The number of carboxylic acids is 1. The minimum atomic E-state index is -0.887. The number of anilines is 1. The molecule has 17 heavy (non-hydrogen) atoms. The number of aryl methyl sites for hydroxylation is 1. The molecule has 0 saturated carbocycles. The molecule has 0 heterocycles. The zero-order valence-corrected chi connectivity index (χ0v) is 10.1. The van der Waals surface area contributed by atoms with Crippen LogP contribution in [0.25, 0.3) is 0 Å². The van der Waals surface area contributed by atoms with Crippen LogP contribution in [0.1, 0.15) is 5.56 Å². The average molecular weight is 238 g/mol. The first-order valence-corrected chi connectivity index (χ1v) is 5.40. The lowest BCUT2D eigenvalue weighted by molar-refractivity contribution is -0.135. The van der Waals surface area contributed by atoms with E-state index < -0.39 is 5.97 Å². The van der Waals surface area contributed by atoms with Gasteiger partial charge in [-0.05, 0) is 24.6 Å². The van der Waals surface area contributed by atoms with Gasteiger partial charge in [0.1, 0.15) is 12.3 Å². The second kappa shape index (κ2) is 6.10. The van der Waals surface area contributed by atoms with Crippen molar-refractivity contribution in [3.63, 3.8) is 0 Å². The van der Waals surface area contributed by atoms with Crippen LogP contribution in [0.2, 0.25) is 0 Å². The third-order valence-corrected chi connectivity index (χ3v) is 2.40. The molecule has 0 amide bonds. The highest BCUT2D eigenvalue weighted by molar-refractivity contribution is 5.75. The fourth-order valence-corrected chi connectivity index (χ4v) is 1.65. The Morgan fingerprint density at radius 1 is 1.53 bits per heavy atom. The van der Waals surface area contributed by atoms with E-state index in [1.54, 1.807) is 12.0 Å². The van der Waals surface area contributed by atoms with Crippen molar-refractivity contribution in [1.29, 1.82) is 0 Å². The highest BCUT2D eigenvalue weighted by atomic mass is 16.5. The lowest BCUT2D eigenvalue weighted by Gasteiger charge is -2.24. The Morgan fingerprint density at radius 2 is 2.24 bits per heavy atom. The van der Waals surface area contributed by atoms with Crippen LogP contribution in [-0.4, -0.2) is 37.8 Å². The maximum absolute atomic E-state index is 10.8. The summed E-state index contributed by atoms with van der Waals surface area (Å²) >= 11 is 0. The summed E-state index contributed by atoms with van der Waals surface area (Å²) in [6.45, 7) is 2.73. The van der Waals surface area contributed by atoms with Crippen LogP contribution in [0.4, 0.5) is 5.69 Å². The molecule has 5 nitrogen and oxygen atoms in total. The monoisotopic (exact) mass is 238 g/mol. The Bertz CT molecular complexity index is 393. The number of hydrogen-bond acceptors (Lipinski definition) is 4. The number of rotatable bonds is 6.